The summed E-state index contributed by atoms with van der Waals surface area (Å²) in [4.78, 5) is 35.5. The van der Waals surface area contributed by atoms with Gasteiger partial charge in [0.05, 0.1) is 17.8 Å². The van der Waals surface area contributed by atoms with Crippen LogP contribution in [0.2, 0.25) is 0 Å². The molecule has 3 unspecified atom stereocenters. The molecule has 0 aromatic rings. The van der Waals surface area contributed by atoms with E-state index in [1.807, 2.05) is 13.8 Å². The minimum Gasteiger partial charge on any atom is -0.481 e. The number of hydrogen-bond acceptors (Lipinski definition) is 3. The molecule has 88 valence electrons. The van der Waals surface area contributed by atoms with Crippen molar-refractivity contribution in [3.8, 4) is 0 Å². The minimum atomic E-state index is -0.986. The largest absolute Gasteiger partial charge is 0.481 e. The molecule has 0 aromatic heterocycles. The lowest BCUT2D eigenvalue weighted by Crippen LogP contribution is -2.40. The first-order chi connectivity index (χ1) is 7.28. The number of hydrogen-bond donors (Lipinski definition) is 1. The van der Waals surface area contributed by atoms with Gasteiger partial charge in [-0.1, -0.05) is 20.8 Å². The molecular weight excluding hydrogens is 210 g/mol. The smallest absolute Gasteiger partial charge is 0.308 e. The van der Waals surface area contributed by atoms with E-state index in [1.165, 1.54) is 6.92 Å². The molecule has 5 heteroatoms. The third kappa shape index (κ3) is 1.27. The second kappa shape index (κ2) is 3.06. The minimum absolute atomic E-state index is 0.00389. The summed E-state index contributed by atoms with van der Waals surface area (Å²) in [6.45, 7) is 5.29. The van der Waals surface area contributed by atoms with Crippen molar-refractivity contribution in [2.45, 2.75) is 20.8 Å². The number of nitrogens with zero attached hydrogens (tertiary/aromatic N) is 1. The van der Waals surface area contributed by atoms with E-state index in [-0.39, 0.29) is 35.6 Å². The van der Waals surface area contributed by atoms with E-state index >= 15 is 0 Å². The van der Waals surface area contributed by atoms with Crippen LogP contribution in [0, 0.1) is 23.2 Å². The summed E-state index contributed by atoms with van der Waals surface area (Å²) in [5.41, 5.74) is -0.225. The molecule has 2 amide bonds. The lowest BCUT2D eigenvalue weighted by atomic mass is 10.0. The molecule has 3 atom stereocenters. The molecule has 2 aliphatic rings. The van der Waals surface area contributed by atoms with Gasteiger partial charge in [0.15, 0.2) is 0 Å². The van der Waals surface area contributed by atoms with Crippen LogP contribution in [-0.4, -0.2) is 34.3 Å². The van der Waals surface area contributed by atoms with Crippen molar-refractivity contribution < 1.29 is 19.5 Å². The molecule has 16 heavy (non-hydrogen) atoms. The van der Waals surface area contributed by atoms with E-state index < -0.39 is 11.9 Å². The van der Waals surface area contributed by atoms with Gasteiger partial charge in [0.25, 0.3) is 0 Å². The normalized spacial score (nSPS) is 32.6. The van der Waals surface area contributed by atoms with Crippen molar-refractivity contribution in [1.29, 1.82) is 0 Å². The average Bonchev–Trinajstić information content (AvgIpc) is 2.64. The molecule has 1 aliphatic heterocycles. The Bertz CT molecular complexity index is 363. The Morgan fingerprint density at radius 3 is 2.19 bits per heavy atom. The van der Waals surface area contributed by atoms with Gasteiger partial charge in [-0.2, -0.15) is 0 Å². The fourth-order valence-corrected chi connectivity index (χ4v) is 2.54. The summed E-state index contributed by atoms with van der Waals surface area (Å²) in [5.74, 6) is -2.53. The number of likely N-dealkylation sites (tertiary alicyclic amines) is 1. The predicted molar refractivity (Wildman–Crippen MR) is 54.3 cm³/mol. The maximum absolute atomic E-state index is 11.8. The number of fused-ring (bicyclic) bond motifs is 1. The number of carbonyl (C=O) groups is 3. The molecule has 0 radical (unpaired) electrons. The molecule has 1 heterocycles. The number of carboxylic acid groups (broad SMARTS) is 1. The number of piperidine rings is 1. The molecule has 2 fully saturated rings. The van der Waals surface area contributed by atoms with Gasteiger partial charge in [0.1, 0.15) is 0 Å². The Kier molecular flexibility index (Phi) is 2.12. The highest BCUT2D eigenvalue weighted by Crippen LogP contribution is 2.63. The molecule has 1 saturated carbocycles. The highest BCUT2D eigenvalue weighted by molar-refractivity contribution is 6.10. The Morgan fingerprint density at radius 2 is 1.81 bits per heavy atom. The standard InChI is InChI=1S/C11H15NO4/c1-5(10(15)16)4-12-8(13)6-7(9(12)14)11(6,2)3/h5-7H,4H2,1-3H3,(H,15,16). The average molecular weight is 225 g/mol. The Hall–Kier alpha value is -1.39. The maximum atomic E-state index is 11.8. The molecular formula is C11H15NO4. The molecule has 5 nitrogen and oxygen atoms in total. The van der Waals surface area contributed by atoms with Crippen molar-refractivity contribution in [3.63, 3.8) is 0 Å². The summed E-state index contributed by atoms with van der Waals surface area (Å²) >= 11 is 0. The fraction of sp³-hybridized carbons (Fsp3) is 0.727. The number of carbonyl (C=O) groups excluding carboxylic acids is 2. The van der Waals surface area contributed by atoms with Crippen molar-refractivity contribution in [3.05, 3.63) is 0 Å². The number of aliphatic carboxylic acids is 1. The molecule has 1 saturated heterocycles. The monoisotopic (exact) mass is 225 g/mol. The van der Waals surface area contributed by atoms with Gasteiger partial charge in [-0.25, -0.2) is 0 Å². The quantitative estimate of drug-likeness (QED) is 0.703. The van der Waals surface area contributed by atoms with E-state index in [2.05, 4.69) is 0 Å². The van der Waals surface area contributed by atoms with Gasteiger partial charge in [-0.3, -0.25) is 19.3 Å². The highest BCUT2D eigenvalue weighted by Gasteiger charge is 2.72. The third-order valence-corrected chi connectivity index (χ3v) is 3.77. The predicted octanol–water partition coefficient (Wildman–Crippen LogP) is 0.348. The van der Waals surface area contributed by atoms with Crippen molar-refractivity contribution in [2.75, 3.05) is 6.54 Å². The van der Waals surface area contributed by atoms with Crippen LogP contribution in [0.4, 0.5) is 0 Å². The highest BCUT2D eigenvalue weighted by atomic mass is 16.4. The lowest BCUT2D eigenvalue weighted by Gasteiger charge is -2.21. The molecule has 1 aliphatic carbocycles. The first-order valence-corrected chi connectivity index (χ1v) is 5.36. The summed E-state index contributed by atoms with van der Waals surface area (Å²) in [5, 5.41) is 8.75. The van der Waals surface area contributed by atoms with E-state index in [9.17, 15) is 14.4 Å². The van der Waals surface area contributed by atoms with Crippen molar-refractivity contribution >= 4 is 17.8 Å². The summed E-state index contributed by atoms with van der Waals surface area (Å²) in [6.07, 6.45) is 0. The number of imide groups is 1. The topological polar surface area (TPSA) is 74.7 Å². The van der Waals surface area contributed by atoms with E-state index in [0.717, 1.165) is 4.90 Å². The number of amides is 2. The zero-order valence-corrected chi connectivity index (χ0v) is 9.56. The van der Waals surface area contributed by atoms with Crippen LogP contribution < -0.4 is 0 Å². The van der Waals surface area contributed by atoms with Gasteiger partial charge in [0, 0.05) is 6.54 Å². The van der Waals surface area contributed by atoms with Gasteiger partial charge >= 0.3 is 5.97 Å². The lowest BCUT2D eigenvalue weighted by molar-refractivity contribution is -0.147. The molecule has 2 rings (SSSR count). The van der Waals surface area contributed by atoms with Gasteiger partial charge < -0.3 is 5.11 Å². The summed E-state index contributed by atoms with van der Waals surface area (Å²) in [6, 6.07) is 0. The van der Waals surface area contributed by atoms with Gasteiger partial charge in [-0.15, -0.1) is 0 Å². The van der Waals surface area contributed by atoms with Crippen molar-refractivity contribution in [1.82, 2.24) is 4.90 Å². The van der Waals surface area contributed by atoms with Crippen LogP contribution in [0.5, 0.6) is 0 Å². The second-order valence-corrected chi connectivity index (χ2v) is 5.30. The van der Waals surface area contributed by atoms with E-state index in [4.69, 9.17) is 5.11 Å². The first kappa shape index (κ1) is 11.1. The van der Waals surface area contributed by atoms with Crippen LogP contribution in [0.25, 0.3) is 0 Å². The van der Waals surface area contributed by atoms with Crippen LogP contribution in [0.1, 0.15) is 20.8 Å². The van der Waals surface area contributed by atoms with E-state index in [0.29, 0.717) is 0 Å². The van der Waals surface area contributed by atoms with Crippen LogP contribution in [0.3, 0.4) is 0 Å². The molecule has 1 N–H and O–H groups in total. The first-order valence-electron chi connectivity index (χ1n) is 5.36. The Labute approximate surface area is 93.4 Å². The summed E-state index contributed by atoms with van der Waals surface area (Å²) < 4.78 is 0. The fourth-order valence-electron chi connectivity index (χ4n) is 2.54. The van der Waals surface area contributed by atoms with Gasteiger partial charge in [-0.05, 0) is 5.41 Å². The second-order valence-electron chi connectivity index (χ2n) is 5.30. The van der Waals surface area contributed by atoms with Crippen LogP contribution in [-0.2, 0) is 14.4 Å². The Morgan fingerprint density at radius 1 is 1.38 bits per heavy atom. The molecule has 0 spiro atoms. The maximum Gasteiger partial charge on any atom is 0.308 e. The number of rotatable bonds is 3. The van der Waals surface area contributed by atoms with E-state index in [1.54, 1.807) is 0 Å². The SMILES string of the molecule is CC(CN1C(=O)C2C(C1=O)C2(C)C)C(=O)O. The zero-order valence-electron chi connectivity index (χ0n) is 9.56. The summed E-state index contributed by atoms with van der Waals surface area (Å²) in [7, 11) is 0. The van der Waals surface area contributed by atoms with Gasteiger partial charge in [0.2, 0.25) is 11.8 Å². The van der Waals surface area contributed by atoms with Crippen LogP contribution >= 0.6 is 0 Å². The third-order valence-electron chi connectivity index (χ3n) is 3.77. The molecule has 0 bridgehead atoms. The Balaban J connectivity index is 2.09. The van der Waals surface area contributed by atoms with Crippen LogP contribution in [0.15, 0.2) is 0 Å². The molecule has 0 aromatic carbocycles. The number of carboxylic acids is 1. The van der Waals surface area contributed by atoms with Crippen molar-refractivity contribution in [2.24, 2.45) is 23.2 Å². The zero-order chi connectivity index (χ0) is 12.2.